The van der Waals surface area contributed by atoms with Crippen molar-refractivity contribution in [2.24, 2.45) is 11.3 Å². The maximum absolute atomic E-state index is 12.0. The highest BCUT2D eigenvalue weighted by Crippen LogP contribution is 2.40. The number of nitriles is 1. The minimum Gasteiger partial charge on any atom is -0.465 e. The lowest BCUT2D eigenvalue weighted by Crippen LogP contribution is -2.47. The Labute approximate surface area is 95.6 Å². The Kier molecular flexibility index (Phi) is 4.05. The van der Waals surface area contributed by atoms with E-state index in [0.29, 0.717) is 12.8 Å². The fourth-order valence-corrected chi connectivity index (χ4v) is 2.27. The monoisotopic (exact) mass is 223 g/mol. The first-order valence-electron chi connectivity index (χ1n) is 5.69. The molecule has 0 aromatic carbocycles. The third-order valence-corrected chi connectivity index (χ3v) is 3.30. The van der Waals surface area contributed by atoms with Crippen molar-refractivity contribution in [3.05, 3.63) is 0 Å². The summed E-state index contributed by atoms with van der Waals surface area (Å²) in [5.74, 6) is -1.26. The van der Waals surface area contributed by atoms with Crippen LogP contribution in [0.15, 0.2) is 0 Å². The number of hydrogen-bond acceptors (Lipinski definition) is 4. The molecule has 0 spiro atoms. The van der Waals surface area contributed by atoms with E-state index in [9.17, 15) is 9.59 Å². The summed E-state index contributed by atoms with van der Waals surface area (Å²) >= 11 is 0. The summed E-state index contributed by atoms with van der Waals surface area (Å²) < 4.78 is 4.97. The van der Waals surface area contributed by atoms with Crippen LogP contribution >= 0.6 is 0 Å². The van der Waals surface area contributed by atoms with Gasteiger partial charge in [-0.15, -0.1) is 0 Å². The van der Waals surface area contributed by atoms with Crippen molar-refractivity contribution in [2.75, 3.05) is 6.61 Å². The van der Waals surface area contributed by atoms with Crippen LogP contribution in [0, 0.1) is 22.7 Å². The largest absolute Gasteiger partial charge is 0.465 e. The van der Waals surface area contributed by atoms with Gasteiger partial charge >= 0.3 is 5.97 Å². The molecule has 1 aliphatic carbocycles. The van der Waals surface area contributed by atoms with Crippen molar-refractivity contribution in [1.29, 1.82) is 5.26 Å². The van der Waals surface area contributed by atoms with Crippen LogP contribution < -0.4 is 0 Å². The maximum atomic E-state index is 12.0. The quantitative estimate of drug-likeness (QED) is 0.540. The van der Waals surface area contributed by atoms with E-state index < -0.39 is 17.3 Å². The first kappa shape index (κ1) is 12.7. The Bertz CT molecular complexity index is 332. The van der Waals surface area contributed by atoms with E-state index in [4.69, 9.17) is 10.00 Å². The highest BCUT2D eigenvalue weighted by Gasteiger charge is 2.52. The maximum Gasteiger partial charge on any atom is 0.320 e. The number of ether oxygens (including phenoxy) is 1. The van der Waals surface area contributed by atoms with Gasteiger partial charge in [0.15, 0.2) is 5.78 Å². The van der Waals surface area contributed by atoms with Gasteiger partial charge in [0, 0.05) is 6.42 Å². The number of Topliss-reactive ketones (excluding diaryl/α,β-unsaturated/α-hetero) is 1. The van der Waals surface area contributed by atoms with Crippen molar-refractivity contribution in [1.82, 2.24) is 0 Å². The second kappa shape index (κ2) is 5.11. The second-order valence-corrected chi connectivity index (χ2v) is 4.17. The Morgan fingerprint density at radius 1 is 1.62 bits per heavy atom. The topological polar surface area (TPSA) is 67.2 Å². The molecule has 2 unspecified atom stereocenters. The number of esters is 1. The van der Waals surface area contributed by atoms with Crippen molar-refractivity contribution >= 4 is 11.8 Å². The summed E-state index contributed by atoms with van der Waals surface area (Å²) in [5, 5.41) is 8.98. The Balaban J connectivity index is 3.05. The molecule has 4 nitrogen and oxygen atoms in total. The highest BCUT2D eigenvalue weighted by molar-refractivity contribution is 6.04. The zero-order valence-corrected chi connectivity index (χ0v) is 9.78. The summed E-state index contributed by atoms with van der Waals surface area (Å²) in [6.07, 6.45) is 2.43. The van der Waals surface area contributed by atoms with Gasteiger partial charge in [0.25, 0.3) is 0 Å². The third kappa shape index (κ3) is 1.95. The molecule has 0 aromatic rings. The molecule has 0 amide bonds. The van der Waals surface area contributed by atoms with E-state index in [0.717, 1.165) is 12.8 Å². The molecule has 0 saturated heterocycles. The normalized spacial score (nSPS) is 26.9. The van der Waals surface area contributed by atoms with E-state index in [1.165, 1.54) is 0 Å². The van der Waals surface area contributed by atoms with Crippen LogP contribution in [-0.4, -0.2) is 18.4 Å². The molecule has 88 valence electrons. The number of ketones is 1. The van der Waals surface area contributed by atoms with Crippen LogP contribution in [0.4, 0.5) is 0 Å². The van der Waals surface area contributed by atoms with Crippen molar-refractivity contribution < 1.29 is 14.3 Å². The molecule has 0 N–H and O–H groups in total. The SMILES string of the molecule is CCOC(=O)C1(C(C)C#N)CCCCC1=O. The number of carbonyl (C=O) groups is 2. The Hall–Kier alpha value is -1.37. The molecule has 0 bridgehead atoms. The van der Waals surface area contributed by atoms with Gasteiger partial charge in [-0.05, 0) is 26.7 Å². The van der Waals surface area contributed by atoms with Gasteiger partial charge in [0.05, 0.1) is 18.6 Å². The number of nitrogens with zero attached hydrogens (tertiary/aromatic N) is 1. The lowest BCUT2D eigenvalue weighted by molar-refractivity contribution is -0.164. The molecule has 0 heterocycles. The van der Waals surface area contributed by atoms with Gasteiger partial charge in [-0.1, -0.05) is 6.42 Å². The summed E-state index contributed by atoms with van der Waals surface area (Å²) in [5.41, 5.74) is -1.21. The molecule has 1 aliphatic rings. The van der Waals surface area contributed by atoms with Crippen LogP contribution in [0.25, 0.3) is 0 Å². The van der Waals surface area contributed by atoms with Gasteiger partial charge in [-0.25, -0.2) is 0 Å². The third-order valence-electron chi connectivity index (χ3n) is 3.30. The summed E-state index contributed by atoms with van der Waals surface area (Å²) in [7, 11) is 0. The van der Waals surface area contributed by atoms with Gasteiger partial charge < -0.3 is 4.74 Å². The lowest BCUT2D eigenvalue weighted by Gasteiger charge is -2.35. The van der Waals surface area contributed by atoms with Gasteiger partial charge in [-0.2, -0.15) is 5.26 Å². The van der Waals surface area contributed by atoms with Crippen LogP contribution in [0.2, 0.25) is 0 Å². The smallest absolute Gasteiger partial charge is 0.320 e. The van der Waals surface area contributed by atoms with E-state index in [1.807, 2.05) is 6.07 Å². The predicted octanol–water partition coefficient (Wildman–Crippen LogP) is 1.84. The second-order valence-electron chi connectivity index (χ2n) is 4.17. The molecule has 1 saturated carbocycles. The zero-order chi connectivity index (χ0) is 12.2. The van der Waals surface area contributed by atoms with E-state index in [2.05, 4.69) is 0 Å². The van der Waals surface area contributed by atoms with Crippen LogP contribution in [0.5, 0.6) is 0 Å². The Morgan fingerprint density at radius 3 is 2.81 bits per heavy atom. The van der Waals surface area contributed by atoms with Gasteiger partial charge in [-0.3, -0.25) is 9.59 Å². The molecular weight excluding hydrogens is 206 g/mol. The molecule has 0 aromatic heterocycles. The molecular formula is C12H17NO3. The van der Waals surface area contributed by atoms with Crippen LogP contribution in [-0.2, 0) is 14.3 Å². The summed E-state index contributed by atoms with van der Waals surface area (Å²) in [6, 6.07) is 2.02. The first-order chi connectivity index (χ1) is 7.59. The van der Waals surface area contributed by atoms with Gasteiger partial charge in [0.2, 0.25) is 0 Å². The predicted molar refractivity (Wildman–Crippen MR) is 57.3 cm³/mol. The van der Waals surface area contributed by atoms with E-state index >= 15 is 0 Å². The average molecular weight is 223 g/mol. The minimum atomic E-state index is -1.21. The van der Waals surface area contributed by atoms with E-state index in [1.54, 1.807) is 13.8 Å². The molecule has 1 rings (SSSR count). The zero-order valence-electron chi connectivity index (χ0n) is 9.78. The summed E-state index contributed by atoms with van der Waals surface area (Å²) in [4.78, 5) is 23.9. The van der Waals surface area contributed by atoms with E-state index in [-0.39, 0.29) is 12.4 Å². The van der Waals surface area contributed by atoms with Crippen LogP contribution in [0.1, 0.15) is 39.5 Å². The average Bonchev–Trinajstić information content (AvgIpc) is 2.29. The highest BCUT2D eigenvalue weighted by atomic mass is 16.5. The Morgan fingerprint density at radius 2 is 2.31 bits per heavy atom. The molecule has 4 heteroatoms. The lowest BCUT2D eigenvalue weighted by atomic mass is 9.66. The molecule has 0 aliphatic heterocycles. The van der Waals surface area contributed by atoms with Crippen molar-refractivity contribution in [2.45, 2.75) is 39.5 Å². The van der Waals surface area contributed by atoms with Crippen molar-refractivity contribution in [3.63, 3.8) is 0 Å². The number of rotatable bonds is 3. The summed E-state index contributed by atoms with van der Waals surface area (Å²) in [6.45, 7) is 3.57. The molecule has 2 atom stereocenters. The number of hydrogen-bond donors (Lipinski definition) is 0. The van der Waals surface area contributed by atoms with Gasteiger partial charge in [0.1, 0.15) is 5.41 Å². The standard InChI is InChI=1S/C12H17NO3/c1-3-16-11(15)12(9(2)8-13)7-5-4-6-10(12)14/h9H,3-7H2,1-2H3. The number of carbonyl (C=O) groups excluding carboxylic acids is 2. The fourth-order valence-electron chi connectivity index (χ4n) is 2.27. The first-order valence-corrected chi connectivity index (χ1v) is 5.69. The minimum absolute atomic E-state index is 0.133. The molecule has 0 radical (unpaired) electrons. The van der Waals surface area contributed by atoms with Crippen molar-refractivity contribution in [3.8, 4) is 6.07 Å². The van der Waals surface area contributed by atoms with Crippen LogP contribution in [0.3, 0.4) is 0 Å². The molecule has 1 fully saturated rings. The molecule has 16 heavy (non-hydrogen) atoms. The fraction of sp³-hybridized carbons (Fsp3) is 0.750.